The number of fused-ring (bicyclic) bond motifs is 1. The van der Waals surface area contributed by atoms with Crippen LogP contribution in [0.4, 0.5) is 17.1 Å². The highest BCUT2D eigenvalue weighted by atomic mass is 16.5. The molecule has 1 saturated heterocycles. The van der Waals surface area contributed by atoms with Crippen molar-refractivity contribution in [3.05, 3.63) is 119 Å². The first kappa shape index (κ1) is 23.9. The number of benzene rings is 4. The van der Waals surface area contributed by atoms with Crippen LogP contribution in [-0.2, 0) is 17.8 Å². The van der Waals surface area contributed by atoms with Gasteiger partial charge in [-0.2, -0.15) is 0 Å². The van der Waals surface area contributed by atoms with Crippen molar-refractivity contribution in [2.45, 2.75) is 13.0 Å². The molecule has 190 valence electrons. The zero-order chi connectivity index (χ0) is 25.7. The second-order valence-electron chi connectivity index (χ2n) is 9.48. The number of carbonyl (C=O) groups is 1. The van der Waals surface area contributed by atoms with Crippen molar-refractivity contribution >= 4 is 28.7 Å². The van der Waals surface area contributed by atoms with E-state index in [2.05, 4.69) is 28.4 Å². The van der Waals surface area contributed by atoms with Gasteiger partial charge in [-0.3, -0.25) is 9.79 Å². The van der Waals surface area contributed by atoms with Crippen molar-refractivity contribution in [3.8, 4) is 5.75 Å². The number of nitrogens with one attached hydrogen (secondary N) is 1. The van der Waals surface area contributed by atoms with Gasteiger partial charge in [0, 0.05) is 36.4 Å². The molecular formula is C32H29N3O3. The van der Waals surface area contributed by atoms with E-state index in [0.29, 0.717) is 12.2 Å². The number of nitrogens with zero attached hydrogens (tertiary/aromatic N) is 2. The minimum absolute atomic E-state index is 0.132. The van der Waals surface area contributed by atoms with Crippen LogP contribution >= 0.6 is 0 Å². The Balaban J connectivity index is 1.06. The Labute approximate surface area is 222 Å². The van der Waals surface area contributed by atoms with Crippen LogP contribution in [0.2, 0.25) is 0 Å². The van der Waals surface area contributed by atoms with Crippen LogP contribution in [0.5, 0.6) is 5.75 Å². The molecular weight excluding hydrogens is 474 g/mol. The monoisotopic (exact) mass is 503 g/mol. The van der Waals surface area contributed by atoms with E-state index in [1.807, 2.05) is 78.9 Å². The van der Waals surface area contributed by atoms with Gasteiger partial charge >= 0.3 is 0 Å². The molecule has 0 saturated carbocycles. The molecule has 2 aliphatic rings. The van der Waals surface area contributed by atoms with Crippen molar-refractivity contribution in [1.29, 1.82) is 0 Å². The molecule has 0 spiro atoms. The van der Waals surface area contributed by atoms with Crippen molar-refractivity contribution in [2.75, 3.05) is 36.5 Å². The van der Waals surface area contributed by atoms with Crippen molar-refractivity contribution in [2.24, 2.45) is 4.99 Å². The van der Waals surface area contributed by atoms with Gasteiger partial charge in [0.1, 0.15) is 12.4 Å². The highest BCUT2D eigenvalue weighted by Gasteiger charge is 2.18. The summed E-state index contributed by atoms with van der Waals surface area (Å²) in [6, 6.07) is 31.8. The number of hydrogen-bond donors (Lipinski definition) is 1. The van der Waals surface area contributed by atoms with Gasteiger partial charge in [0.2, 0.25) is 0 Å². The van der Waals surface area contributed by atoms with Gasteiger partial charge in [0.05, 0.1) is 24.6 Å². The van der Waals surface area contributed by atoms with E-state index in [4.69, 9.17) is 14.5 Å². The van der Waals surface area contributed by atoms with Crippen LogP contribution in [0.1, 0.15) is 27.0 Å². The molecule has 38 heavy (non-hydrogen) atoms. The zero-order valence-electron chi connectivity index (χ0n) is 21.1. The Morgan fingerprint density at radius 2 is 1.66 bits per heavy atom. The fourth-order valence-corrected chi connectivity index (χ4v) is 4.77. The first-order valence-electron chi connectivity index (χ1n) is 12.9. The quantitative estimate of drug-likeness (QED) is 0.334. The third-order valence-electron chi connectivity index (χ3n) is 6.89. The molecule has 0 bridgehead atoms. The molecule has 0 radical (unpaired) electrons. The van der Waals surface area contributed by atoms with Crippen LogP contribution in [0.3, 0.4) is 0 Å². The molecule has 0 unspecified atom stereocenters. The van der Waals surface area contributed by atoms with Crippen LogP contribution in [0, 0.1) is 0 Å². The van der Waals surface area contributed by atoms with Crippen molar-refractivity contribution in [1.82, 2.24) is 0 Å². The number of anilines is 2. The number of rotatable bonds is 7. The molecule has 2 heterocycles. The average molecular weight is 504 g/mol. The highest BCUT2D eigenvalue weighted by Crippen LogP contribution is 2.32. The summed E-state index contributed by atoms with van der Waals surface area (Å²) in [7, 11) is 0. The fourth-order valence-electron chi connectivity index (χ4n) is 4.77. The van der Waals surface area contributed by atoms with E-state index in [-0.39, 0.29) is 5.91 Å². The highest BCUT2D eigenvalue weighted by molar-refractivity contribution is 6.08. The van der Waals surface area contributed by atoms with E-state index < -0.39 is 0 Å². The topological polar surface area (TPSA) is 63.2 Å². The van der Waals surface area contributed by atoms with Gasteiger partial charge in [-0.15, -0.1) is 0 Å². The first-order chi connectivity index (χ1) is 18.7. The van der Waals surface area contributed by atoms with E-state index in [0.717, 1.165) is 77.9 Å². The summed E-state index contributed by atoms with van der Waals surface area (Å²) in [5.74, 6) is 0.710. The van der Waals surface area contributed by atoms with Gasteiger partial charge in [0.25, 0.3) is 5.91 Å². The lowest BCUT2D eigenvalue weighted by atomic mass is 10.0. The van der Waals surface area contributed by atoms with Crippen LogP contribution in [-0.4, -0.2) is 37.9 Å². The van der Waals surface area contributed by atoms with Crippen molar-refractivity contribution < 1.29 is 14.3 Å². The predicted molar refractivity (Wildman–Crippen MR) is 151 cm³/mol. The summed E-state index contributed by atoms with van der Waals surface area (Å²) in [4.78, 5) is 19.9. The summed E-state index contributed by atoms with van der Waals surface area (Å²) in [6.45, 7) is 3.80. The van der Waals surface area contributed by atoms with E-state index >= 15 is 0 Å². The van der Waals surface area contributed by atoms with E-state index in [1.165, 1.54) is 0 Å². The minimum Gasteiger partial charge on any atom is -0.489 e. The molecule has 1 amide bonds. The summed E-state index contributed by atoms with van der Waals surface area (Å²) >= 11 is 0. The lowest BCUT2D eigenvalue weighted by Gasteiger charge is -2.28. The zero-order valence-corrected chi connectivity index (χ0v) is 21.1. The Morgan fingerprint density at radius 3 is 2.42 bits per heavy atom. The summed E-state index contributed by atoms with van der Waals surface area (Å²) < 4.78 is 11.4. The number of ether oxygens (including phenoxy) is 2. The predicted octanol–water partition coefficient (Wildman–Crippen LogP) is 6.03. The largest absolute Gasteiger partial charge is 0.489 e. The molecule has 2 aliphatic heterocycles. The van der Waals surface area contributed by atoms with Crippen molar-refractivity contribution in [3.63, 3.8) is 0 Å². The summed E-state index contributed by atoms with van der Waals surface area (Å²) in [5.41, 5.74) is 7.78. The minimum atomic E-state index is -0.132. The maximum absolute atomic E-state index is 12.8. The molecule has 4 aromatic carbocycles. The first-order valence-corrected chi connectivity index (χ1v) is 12.9. The van der Waals surface area contributed by atoms with Crippen LogP contribution < -0.4 is 15.0 Å². The molecule has 6 heteroatoms. The Bertz CT molecular complexity index is 1440. The Morgan fingerprint density at radius 1 is 0.895 bits per heavy atom. The molecule has 4 aromatic rings. The molecule has 0 aromatic heterocycles. The average Bonchev–Trinajstić information content (AvgIpc) is 3.41. The third-order valence-corrected chi connectivity index (χ3v) is 6.89. The SMILES string of the molecule is O=C(Nc1ccc(N2CCOCC2)cc1)c1ccc(C2=Nc3ccc(OCc4ccccc4)cc3C2)cc1. The standard InChI is InChI=1S/C32H29N3O3/c36-32(33-27-10-12-28(13-11-27)35-16-18-37-19-17-35)25-8-6-24(7-9-25)31-21-26-20-29(14-15-30(26)34-31)38-22-23-4-2-1-3-5-23/h1-15,20H,16-19,21-22H2,(H,33,36). The third kappa shape index (κ3) is 5.45. The van der Waals surface area contributed by atoms with Gasteiger partial charge in [-0.05, 0) is 71.3 Å². The number of aliphatic imine (C=N–C) groups is 1. The second kappa shape index (κ2) is 10.9. The lowest BCUT2D eigenvalue weighted by Crippen LogP contribution is -2.36. The fraction of sp³-hybridized carbons (Fsp3) is 0.188. The van der Waals surface area contributed by atoms with Crippen LogP contribution in [0.25, 0.3) is 0 Å². The number of morpholine rings is 1. The molecule has 0 aliphatic carbocycles. The maximum Gasteiger partial charge on any atom is 0.255 e. The van der Waals surface area contributed by atoms with Crippen LogP contribution in [0.15, 0.2) is 102 Å². The van der Waals surface area contributed by atoms with Gasteiger partial charge < -0.3 is 19.7 Å². The Kier molecular flexibility index (Phi) is 6.87. The number of hydrogen-bond acceptors (Lipinski definition) is 5. The molecule has 1 fully saturated rings. The molecule has 0 atom stereocenters. The van der Waals surface area contributed by atoms with Gasteiger partial charge in [-0.1, -0.05) is 42.5 Å². The summed E-state index contributed by atoms with van der Waals surface area (Å²) in [6.07, 6.45) is 0.735. The molecule has 1 N–H and O–H groups in total. The number of carbonyl (C=O) groups excluding carboxylic acids is 1. The van der Waals surface area contributed by atoms with Gasteiger partial charge in [-0.25, -0.2) is 0 Å². The number of amides is 1. The van der Waals surface area contributed by atoms with E-state index in [1.54, 1.807) is 0 Å². The smallest absolute Gasteiger partial charge is 0.255 e. The normalized spacial score (nSPS) is 14.5. The second-order valence-corrected chi connectivity index (χ2v) is 9.48. The lowest BCUT2D eigenvalue weighted by molar-refractivity contribution is 0.102. The van der Waals surface area contributed by atoms with E-state index in [9.17, 15) is 4.79 Å². The summed E-state index contributed by atoms with van der Waals surface area (Å²) in [5, 5.41) is 3.00. The maximum atomic E-state index is 12.8. The van der Waals surface area contributed by atoms with Gasteiger partial charge in [0.15, 0.2) is 0 Å². The molecule has 6 rings (SSSR count). The Hall–Kier alpha value is -4.42. The molecule has 6 nitrogen and oxygen atoms in total.